The maximum absolute atomic E-state index is 13.3. The van der Waals surface area contributed by atoms with Crippen LogP contribution in [-0.2, 0) is 4.79 Å². The van der Waals surface area contributed by atoms with Gasteiger partial charge in [0.15, 0.2) is 0 Å². The van der Waals surface area contributed by atoms with E-state index in [1.807, 2.05) is 37.3 Å². The number of hydrogen-bond acceptors (Lipinski definition) is 5. The first-order chi connectivity index (χ1) is 14.3. The van der Waals surface area contributed by atoms with Crippen molar-refractivity contribution >= 4 is 62.5 Å². The molecule has 1 aliphatic rings. The molecule has 152 valence electrons. The van der Waals surface area contributed by atoms with Crippen LogP contribution in [0.5, 0.6) is 0 Å². The summed E-state index contributed by atoms with van der Waals surface area (Å²) < 4.78 is 0. The molecule has 2 unspecified atom stereocenters. The lowest BCUT2D eigenvalue weighted by Gasteiger charge is -2.30. The van der Waals surface area contributed by atoms with Gasteiger partial charge in [-0.1, -0.05) is 53.5 Å². The third-order valence-electron chi connectivity index (χ3n) is 5.31. The monoisotopic (exact) mass is 456 g/mol. The number of anilines is 1. The zero-order valence-corrected chi connectivity index (χ0v) is 18.6. The van der Waals surface area contributed by atoms with Gasteiger partial charge in [-0.2, -0.15) is 0 Å². The van der Waals surface area contributed by atoms with E-state index in [2.05, 4.69) is 4.99 Å². The fourth-order valence-electron chi connectivity index (χ4n) is 3.98. The Morgan fingerprint density at radius 1 is 1.10 bits per heavy atom. The molecule has 1 aromatic heterocycles. The van der Waals surface area contributed by atoms with Crippen molar-refractivity contribution in [2.75, 3.05) is 5.73 Å². The number of aliphatic imine (C=N–C) groups is 1. The standard InChI is InChI=1S/C23H18Cl2N2O2S/c1-11-17(12(2)28)18(13-6-4-3-5-7-13)19-20(26)22(30-23(19)27-11)21(29)15-10-14(24)8-9-16(15)25/h3-10,17-18H,26H2,1-2H3. The lowest BCUT2D eigenvalue weighted by molar-refractivity contribution is -0.119. The molecule has 4 nitrogen and oxygen atoms in total. The SMILES string of the molecule is CC(=O)C1C(C)=Nc2sc(C(=O)c3cc(Cl)ccc3Cl)c(N)c2C1c1ccccc1. The average molecular weight is 457 g/mol. The van der Waals surface area contributed by atoms with E-state index in [9.17, 15) is 9.59 Å². The van der Waals surface area contributed by atoms with E-state index < -0.39 is 5.92 Å². The second-order valence-electron chi connectivity index (χ2n) is 7.25. The van der Waals surface area contributed by atoms with E-state index in [0.717, 1.165) is 11.1 Å². The fourth-order valence-corrected chi connectivity index (χ4v) is 5.50. The number of carbonyl (C=O) groups excluding carboxylic acids is 2. The summed E-state index contributed by atoms with van der Waals surface area (Å²) in [7, 11) is 0. The Hall–Kier alpha value is -2.47. The molecule has 4 rings (SSSR count). The zero-order valence-electron chi connectivity index (χ0n) is 16.3. The van der Waals surface area contributed by atoms with Gasteiger partial charge < -0.3 is 5.73 Å². The van der Waals surface area contributed by atoms with Gasteiger partial charge in [0.25, 0.3) is 0 Å². The predicted molar refractivity (Wildman–Crippen MR) is 124 cm³/mol. The van der Waals surface area contributed by atoms with Crippen molar-refractivity contribution in [1.29, 1.82) is 0 Å². The van der Waals surface area contributed by atoms with E-state index >= 15 is 0 Å². The van der Waals surface area contributed by atoms with Crippen LogP contribution in [0.25, 0.3) is 0 Å². The Balaban J connectivity index is 1.91. The van der Waals surface area contributed by atoms with Crippen LogP contribution < -0.4 is 5.73 Å². The molecule has 1 aliphatic heterocycles. The van der Waals surface area contributed by atoms with Crippen molar-refractivity contribution in [3.8, 4) is 0 Å². The number of carbonyl (C=O) groups is 2. The largest absolute Gasteiger partial charge is 0.397 e. The van der Waals surface area contributed by atoms with E-state index in [1.54, 1.807) is 19.1 Å². The van der Waals surface area contributed by atoms with Gasteiger partial charge in [0.2, 0.25) is 5.78 Å². The van der Waals surface area contributed by atoms with E-state index in [0.29, 0.717) is 31.3 Å². The van der Waals surface area contributed by atoms with Crippen molar-refractivity contribution in [3.63, 3.8) is 0 Å². The molecule has 2 aromatic carbocycles. The van der Waals surface area contributed by atoms with Crippen LogP contribution >= 0.6 is 34.5 Å². The highest BCUT2D eigenvalue weighted by molar-refractivity contribution is 7.18. The minimum Gasteiger partial charge on any atom is -0.397 e. The third kappa shape index (κ3) is 3.47. The molecule has 0 fully saturated rings. The summed E-state index contributed by atoms with van der Waals surface area (Å²) in [5.74, 6) is -1.04. The summed E-state index contributed by atoms with van der Waals surface area (Å²) in [6.45, 7) is 3.40. The minimum atomic E-state index is -0.436. The van der Waals surface area contributed by atoms with Gasteiger partial charge in [0.1, 0.15) is 15.7 Å². The molecule has 0 spiro atoms. The number of rotatable bonds is 4. The summed E-state index contributed by atoms with van der Waals surface area (Å²) in [5, 5.41) is 1.37. The number of nitrogen functional groups attached to an aromatic ring is 1. The zero-order chi connectivity index (χ0) is 21.6. The maximum Gasteiger partial charge on any atom is 0.206 e. The molecule has 0 radical (unpaired) electrons. The molecule has 0 aliphatic carbocycles. The number of benzene rings is 2. The summed E-state index contributed by atoms with van der Waals surface area (Å²) in [6, 6.07) is 14.4. The first kappa shape index (κ1) is 20.8. The molecule has 0 bridgehead atoms. The van der Waals surface area contributed by atoms with E-state index in [-0.39, 0.29) is 23.0 Å². The summed E-state index contributed by atoms with van der Waals surface area (Å²) in [4.78, 5) is 30.8. The molecule has 0 saturated carbocycles. The average Bonchev–Trinajstić information content (AvgIpc) is 3.04. The number of ketones is 2. The molecular weight excluding hydrogens is 439 g/mol. The maximum atomic E-state index is 13.3. The second-order valence-corrected chi connectivity index (χ2v) is 9.09. The molecule has 2 atom stereocenters. The molecular formula is C23H18Cl2N2O2S. The molecule has 0 amide bonds. The van der Waals surface area contributed by atoms with Gasteiger partial charge in [-0.25, -0.2) is 4.99 Å². The van der Waals surface area contributed by atoms with Crippen LogP contribution in [-0.4, -0.2) is 17.3 Å². The molecule has 3 aromatic rings. The van der Waals surface area contributed by atoms with Gasteiger partial charge >= 0.3 is 0 Å². The fraction of sp³-hybridized carbons (Fsp3) is 0.174. The number of nitrogens with zero attached hydrogens (tertiary/aromatic N) is 1. The third-order valence-corrected chi connectivity index (χ3v) is 6.99. The summed E-state index contributed by atoms with van der Waals surface area (Å²) >= 11 is 13.5. The number of thiophene rings is 1. The Morgan fingerprint density at radius 3 is 2.47 bits per heavy atom. The highest BCUT2D eigenvalue weighted by Crippen LogP contribution is 2.51. The van der Waals surface area contributed by atoms with Gasteiger partial charge in [0, 0.05) is 27.8 Å². The topological polar surface area (TPSA) is 72.5 Å². The number of hydrogen-bond donors (Lipinski definition) is 1. The highest BCUT2D eigenvalue weighted by atomic mass is 35.5. The van der Waals surface area contributed by atoms with Crippen molar-refractivity contribution in [2.45, 2.75) is 19.8 Å². The van der Waals surface area contributed by atoms with Crippen LogP contribution in [0.1, 0.15) is 46.1 Å². The quantitative estimate of drug-likeness (QED) is 0.467. The molecule has 2 heterocycles. The predicted octanol–water partition coefficient (Wildman–Crippen LogP) is 6.31. The van der Waals surface area contributed by atoms with Crippen molar-refractivity contribution in [2.24, 2.45) is 10.9 Å². The Morgan fingerprint density at radius 2 is 1.80 bits per heavy atom. The first-order valence-electron chi connectivity index (χ1n) is 9.32. The summed E-state index contributed by atoms with van der Waals surface area (Å²) in [5.41, 5.74) is 9.54. The number of nitrogens with two attached hydrogens (primary N) is 1. The molecule has 2 N–H and O–H groups in total. The Bertz CT molecular complexity index is 1200. The number of fused-ring (bicyclic) bond motifs is 1. The van der Waals surface area contributed by atoms with E-state index in [1.165, 1.54) is 17.4 Å². The molecule has 0 saturated heterocycles. The lowest BCUT2D eigenvalue weighted by Crippen LogP contribution is -2.30. The first-order valence-corrected chi connectivity index (χ1v) is 10.9. The van der Waals surface area contributed by atoms with Crippen LogP contribution in [0.15, 0.2) is 53.5 Å². The van der Waals surface area contributed by atoms with Crippen LogP contribution in [0, 0.1) is 5.92 Å². The normalized spacial score (nSPS) is 17.9. The van der Waals surface area contributed by atoms with Gasteiger partial charge in [-0.15, -0.1) is 11.3 Å². The van der Waals surface area contributed by atoms with Crippen molar-refractivity contribution < 1.29 is 9.59 Å². The summed E-state index contributed by atoms with van der Waals surface area (Å²) in [6.07, 6.45) is 0. The van der Waals surface area contributed by atoms with Gasteiger partial charge in [-0.3, -0.25) is 9.59 Å². The highest BCUT2D eigenvalue weighted by Gasteiger charge is 2.39. The molecule has 30 heavy (non-hydrogen) atoms. The lowest BCUT2D eigenvalue weighted by atomic mass is 9.75. The molecule has 7 heteroatoms. The van der Waals surface area contributed by atoms with Crippen LogP contribution in [0.2, 0.25) is 10.0 Å². The van der Waals surface area contributed by atoms with Crippen LogP contribution in [0.4, 0.5) is 10.7 Å². The van der Waals surface area contributed by atoms with Gasteiger partial charge in [0.05, 0.1) is 16.6 Å². The number of Topliss-reactive ketones (excluding diaryl/α,β-unsaturated/α-hetero) is 1. The smallest absolute Gasteiger partial charge is 0.206 e. The Labute approximate surface area is 188 Å². The van der Waals surface area contributed by atoms with E-state index in [4.69, 9.17) is 28.9 Å². The minimum absolute atomic E-state index is 0.00659. The van der Waals surface area contributed by atoms with Crippen molar-refractivity contribution in [3.05, 3.63) is 80.1 Å². The number of halogens is 2. The Kier molecular flexibility index (Phi) is 5.53. The second kappa shape index (κ2) is 7.99. The van der Waals surface area contributed by atoms with Gasteiger partial charge in [-0.05, 0) is 37.6 Å². The van der Waals surface area contributed by atoms with Crippen molar-refractivity contribution in [1.82, 2.24) is 0 Å². The van der Waals surface area contributed by atoms with Crippen LogP contribution in [0.3, 0.4) is 0 Å².